The number of carbonyl (C=O) groups excluding carboxylic acids is 1. The van der Waals surface area contributed by atoms with Crippen LogP contribution in [-0.4, -0.2) is 57.6 Å². The lowest BCUT2D eigenvalue weighted by atomic mass is 9.99. The summed E-state index contributed by atoms with van der Waals surface area (Å²) in [6.07, 6.45) is 1.84. The Bertz CT molecular complexity index is 1930. The first-order valence-corrected chi connectivity index (χ1v) is 15.1. The summed E-state index contributed by atoms with van der Waals surface area (Å²) in [6, 6.07) is 12.3. The zero-order valence-corrected chi connectivity index (χ0v) is 26.3. The molecule has 3 heterocycles. The van der Waals surface area contributed by atoms with Gasteiger partial charge in [0.1, 0.15) is 5.56 Å². The van der Waals surface area contributed by atoms with Gasteiger partial charge in [0.05, 0.1) is 47.3 Å². The maximum Gasteiger partial charge on any atom is 0.330 e. The van der Waals surface area contributed by atoms with E-state index in [0.29, 0.717) is 52.9 Å². The Hall–Kier alpha value is -4.00. The Kier molecular flexibility index (Phi) is 8.55. The van der Waals surface area contributed by atoms with Gasteiger partial charge in [-0.15, -0.1) is 0 Å². The molecule has 11 nitrogen and oxygen atoms in total. The van der Waals surface area contributed by atoms with Gasteiger partial charge in [-0.3, -0.25) is 14.2 Å². The van der Waals surface area contributed by atoms with Crippen molar-refractivity contribution in [3.8, 4) is 28.3 Å². The third-order valence-corrected chi connectivity index (χ3v) is 9.09. The molecule has 0 bridgehead atoms. The molecule has 2 aliphatic rings. The van der Waals surface area contributed by atoms with Gasteiger partial charge in [-0.2, -0.15) is 0 Å². The van der Waals surface area contributed by atoms with Crippen molar-refractivity contribution in [2.75, 3.05) is 25.6 Å². The number of amides is 1. The molecule has 3 N–H and O–H groups in total. The molecule has 45 heavy (non-hydrogen) atoms. The molecular formula is C32H31Cl2N5O6. The molecule has 13 heteroatoms. The number of rotatable bonds is 7. The van der Waals surface area contributed by atoms with Crippen LogP contribution in [0, 0.1) is 0 Å². The number of anilines is 1. The van der Waals surface area contributed by atoms with Crippen LogP contribution in [0.15, 0.2) is 58.3 Å². The smallest absolute Gasteiger partial charge is 0.330 e. The number of methoxy groups -OCH3 is 1. The van der Waals surface area contributed by atoms with Crippen LogP contribution < -0.4 is 26.6 Å². The van der Waals surface area contributed by atoms with Gasteiger partial charge < -0.3 is 29.8 Å². The second-order valence-electron chi connectivity index (χ2n) is 11.2. The number of pyridine rings is 1. The number of ether oxygens (including phenoxy) is 2. The number of nitrogens with one attached hydrogen (secondary N) is 2. The fourth-order valence-corrected chi connectivity index (χ4v) is 6.55. The van der Waals surface area contributed by atoms with Crippen molar-refractivity contribution in [2.24, 2.45) is 14.1 Å². The average Bonchev–Trinajstić information content (AvgIpc) is 3.66. The summed E-state index contributed by atoms with van der Waals surface area (Å²) in [5, 5.41) is 17.7. The summed E-state index contributed by atoms with van der Waals surface area (Å²) >= 11 is 13.8. The summed E-state index contributed by atoms with van der Waals surface area (Å²) in [6.45, 7) is 1.28. The minimum Gasteiger partial charge on any atom is -0.481 e. The van der Waals surface area contributed by atoms with Gasteiger partial charge in [0.15, 0.2) is 0 Å². The molecule has 1 amide bonds. The van der Waals surface area contributed by atoms with E-state index < -0.39 is 23.3 Å². The summed E-state index contributed by atoms with van der Waals surface area (Å²) in [5.41, 5.74) is 2.85. The van der Waals surface area contributed by atoms with Crippen LogP contribution in [0.2, 0.25) is 10.0 Å². The Morgan fingerprint density at radius 3 is 2.51 bits per heavy atom. The van der Waals surface area contributed by atoms with Crippen molar-refractivity contribution in [1.29, 1.82) is 0 Å². The third-order valence-electron chi connectivity index (χ3n) is 8.28. The molecule has 1 saturated heterocycles. The predicted octanol–water partition coefficient (Wildman–Crippen LogP) is 3.72. The maximum absolute atomic E-state index is 13.1. The van der Waals surface area contributed by atoms with Gasteiger partial charge in [-0.25, -0.2) is 9.78 Å². The summed E-state index contributed by atoms with van der Waals surface area (Å²) in [7, 11) is 4.31. The summed E-state index contributed by atoms with van der Waals surface area (Å²) in [5.74, 6) is -0.306. The molecule has 2 aromatic heterocycles. The van der Waals surface area contributed by atoms with E-state index in [-0.39, 0.29) is 28.4 Å². The monoisotopic (exact) mass is 651 g/mol. The molecule has 6 rings (SSSR count). The van der Waals surface area contributed by atoms with E-state index >= 15 is 0 Å². The van der Waals surface area contributed by atoms with Crippen LogP contribution in [0.5, 0.6) is 5.88 Å². The Balaban J connectivity index is 1.34. The zero-order valence-electron chi connectivity index (χ0n) is 24.8. The minimum absolute atomic E-state index is 0.142. The number of aromatic nitrogens is 3. The molecule has 1 aliphatic heterocycles. The first-order chi connectivity index (χ1) is 21.6. The SMILES string of the molecule is COc1nc(-c2cccc(-c3cccc(NC(=O)c4cn(C)c(=O)n(C)c4=O)c3Cl)c2Cl)cc2c1[C@@H](N[C@H]1CCOC1)[C@@H](O)C2. The standard InChI is InChI=1S/C32H31Cl2N5O6/c1-38-14-21(31(42)39(2)32(38)43)29(41)36-22-9-5-7-19(27(22)34)18-6-4-8-20(26(18)33)23-12-16-13-24(40)28(25(16)30(37-23)44-3)35-17-10-11-45-15-17/h4-9,12,14,17,24,28,35,40H,10-11,13,15H2,1-3H3,(H,36,41)/t17-,24-,28-/m0/s1. The number of carbonyl (C=O) groups is 1. The second-order valence-corrected chi connectivity index (χ2v) is 11.9. The summed E-state index contributed by atoms with van der Waals surface area (Å²) < 4.78 is 13.2. The first-order valence-electron chi connectivity index (χ1n) is 14.3. The highest BCUT2D eigenvalue weighted by Crippen LogP contribution is 2.44. The first kappa shape index (κ1) is 31.0. The van der Waals surface area contributed by atoms with Gasteiger partial charge >= 0.3 is 5.69 Å². The van der Waals surface area contributed by atoms with E-state index in [0.717, 1.165) is 26.7 Å². The maximum atomic E-state index is 13.1. The molecule has 234 valence electrons. The molecular weight excluding hydrogens is 621 g/mol. The van der Waals surface area contributed by atoms with Crippen LogP contribution in [0.1, 0.15) is 33.9 Å². The molecule has 0 saturated carbocycles. The number of halogens is 2. The molecule has 4 aromatic rings. The van der Waals surface area contributed by atoms with Gasteiger partial charge in [0, 0.05) is 61.6 Å². The van der Waals surface area contributed by atoms with E-state index in [2.05, 4.69) is 10.6 Å². The third kappa shape index (κ3) is 5.66. The van der Waals surface area contributed by atoms with E-state index in [1.165, 1.54) is 20.3 Å². The molecule has 0 spiro atoms. The van der Waals surface area contributed by atoms with Crippen molar-refractivity contribution in [3.05, 3.63) is 96.2 Å². The van der Waals surface area contributed by atoms with Crippen molar-refractivity contribution in [1.82, 2.24) is 19.4 Å². The molecule has 0 unspecified atom stereocenters. The number of hydrogen-bond acceptors (Lipinski definition) is 8. The van der Waals surface area contributed by atoms with Crippen molar-refractivity contribution >= 4 is 34.8 Å². The molecule has 0 radical (unpaired) electrons. The Morgan fingerprint density at radius 1 is 1.09 bits per heavy atom. The summed E-state index contributed by atoms with van der Waals surface area (Å²) in [4.78, 5) is 42.5. The van der Waals surface area contributed by atoms with Crippen LogP contribution in [0.4, 0.5) is 5.69 Å². The average molecular weight is 653 g/mol. The number of nitrogens with zero attached hydrogens (tertiary/aromatic N) is 3. The lowest BCUT2D eigenvalue weighted by Gasteiger charge is -2.23. The van der Waals surface area contributed by atoms with Gasteiger partial charge in [-0.1, -0.05) is 53.5 Å². The number of aryl methyl sites for hydroxylation is 1. The minimum atomic E-state index is -0.724. The molecule has 2 aromatic carbocycles. The van der Waals surface area contributed by atoms with Crippen molar-refractivity contribution < 1.29 is 19.4 Å². The second kappa shape index (κ2) is 12.4. The molecule has 1 aliphatic carbocycles. The lowest BCUT2D eigenvalue weighted by Crippen LogP contribution is -2.40. The van der Waals surface area contributed by atoms with E-state index in [1.807, 2.05) is 18.2 Å². The quantitative estimate of drug-likeness (QED) is 0.275. The normalized spacial score (nSPS) is 19.0. The van der Waals surface area contributed by atoms with Crippen LogP contribution in [-0.2, 0) is 25.3 Å². The number of hydrogen-bond donors (Lipinski definition) is 3. The number of benzene rings is 2. The predicted molar refractivity (Wildman–Crippen MR) is 171 cm³/mol. The highest BCUT2D eigenvalue weighted by molar-refractivity contribution is 6.39. The largest absolute Gasteiger partial charge is 0.481 e. The van der Waals surface area contributed by atoms with E-state index in [4.69, 9.17) is 37.7 Å². The lowest BCUT2D eigenvalue weighted by molar-refractivity contribution is 0.102. The van der Waals surface area contributed by atoms with Crippen molar-refractivity contribution in [3.63, 3.8) is 0 Å². The molecule has 1 fully saturated rings. The van der Waals surface area contributed by atoms with Crippen LogP contribution >= 0.6 is 23.2 Å². The number of fused-ring (bicyclic) bond motifs is 1. The Labute approximate surface area is 268 Å². The Morgan fingerprint density at radius 2 is 1.80 bits per heavy atom. The topological polar surface area (TPSA) is 137 Å². The van der Waals surface area contributed by atoms with Gasteiger partial charge in [-0.05, 0) is 24.1 Å². The van der Waals surface area contributed by atoms with Gasteiger partial charge in [0.25, 0.3) is 11.5 Å². The molecule has 3 atom stereocenters. The number of aliphatic hydroxyl groups is 1. The fraction of sp³-hybridized carbons (Fsp3) is 0.312. The van der Waals surface area contributed by atoms with Crippen LogP contribution in [0.25, 0.3) is 22.4 Å². The van der Waals surface area contributed by atoms with E-state index in [9.17, 15) is 19.5 Å². The zero-order chi connectivity index (χ0) is 32.0. The van der Waals surface area contributed by atoms with Gasteiger partial charge in [0.2, 0.25) is 5.88 Å². The van der Waals surface area contributed by atoms with Crippen LogP contribution in [0.3, 0.4) is 0 Å². The highest BCUT2D eigenvalue weighted by atomic mass is 35.5. The number of aliphatic hydroxyl groups excluding tert-OH is 1. The van der Waals surface area contributed by atoms with E-state index in [1.54, 1.807) is 31.4 Å². The van der Waals surface area contributed by atoms with Crippen molar-refractivity contribution in [2.45, 2.75) is 31.0 Å². The fourth-order valence-electron chi connectivity index (χ4n) is 5.96. The highest BCUT2D eigenvalue weighted by Gasteiger charge is 2.37.